The Kier molecular flexibility index (Phi) is 6.39. The van der Waals surface area contributed by atoms with Gasteiger partial charge >= 0.3 is 6.18 Å². The molecule has 0 bridgehead atoms. The first-order chi connectivity index (χ1) is 13.8. The number of piperidine rings is 1. The number of benzene rings is 2. The lowest BCUT2D eigenvalue weighted by atomic mass is 10.0. The van der Waals surface area contributed by atoms with Gasteiger partial charge in [0, 0.05) is 25.2 Å². The molecule has 156 valence electrons. The first-order valence-electron chi connectivity index (χ1n) is 9.29. The average molecular weight is 409 g/mol. The van der Waals surface area contributed by atoms with E-state index in [0.29, 0.717) is 29.9 Å². The van der Waals surface area contributed by atoms with Crippen LogP contribution in [0.2, 0.25) is 0 Å². The van der Waals surface area contributed by atoms with Crippen molar-refractivity contribution in [2.75, 3.05) is 18.4 Å². The highest BCUT2D eigenvalue weighted by Crippen LogP contribution is 2.31. The summed E-state index contributed by atoms with van der Waals surface area (Å²) >= 11 is 0. The van der Waals surface area contributed by atoms with Crippen LogP contribution in [-0.4, -0.2) is 34.1 Å². The number of nitro benzene ring substituents is 1. The number of hydrogen-bond donors (Lipinski definition) is 2. The van der Waals surface area contributed by atoms with Gasteiger partial charge in [0.05, 0.1) is 17.1 Å². The number of anilines is 1. The first-order valence-corrected chi connectivity index (χ1v) is 9.29. The zero-order valence-corrected chi connectivity index (χ0v) is 15.7. The number of nitrogens with one attached hydrogen (secondary N) is 1. The van der Waals surface area contributed by atoms with Gasteiger partial charge in [0.2, 0.25) is 0 Å². The second kappa shape index (κ2) is 8.79. The van der Waals surface area contributed by atoms with Crippen molar-refractivity contribution in [1.29, 1.82) is 0 Å². The molecule has 9 heteroatoms. The van der Waals surface area contributed by atoms with Crippen molar-refractivity contribution in [3.05, 3.63) is 69.3 Å². The predicted octanol–water partition coefficient (Wildman–Crippen LogP) is 4.18. The van der Waals surface area contributed by atoms with Gasteiger partial charge in [-0.2, -0.15) is 13.2 Å². The number of aliphatic hydroxyl groups is 1. The molecule has 1 fully saturated rings. The molecule has 1 atom stereocenters. The van der Waals surface area contributed by atoms with Crippen LogP contribution in [0.5, 0.6) is 0 Å². The summed E-state index contributed by atoms with van der Waals surface area (Å²) in [6.07, 6.45) is -2.74. The summed E-state index contributed by atoms with van der Waals surface area (Å²) in [5, 5.41) is 23.7. The van der Waals surface area contributed by atoms with E-state index < -0.39 is 16.7 Å². The molecule has 1 saturated heterocycles. The maximum absolute atomic E-state index is 12.9. The third-order valence-electron chi connectivity index (χ3n) is 4.97. The highest BCUT2D eigenvalue weighted by atomic mass is 19.4. The summed E-state index contributed by atoms with van der Waals surface area (Å²) in [5.41, 5.74) is 0.641. The summed E-state index contributed by atoms with van der Waals surface area (Å²) < 4.78 is 38.7. The average Bonchev–Trinajstić information content (AvgIpc) is 2.68. The second-order valence-electron chi connectivity index (χ2n) is 7.18. The summed E-state index contributed by atoms with van der Waals surface area (Å²) in [5.74, 6) is 0. The lowest BCUT2D eigenvalue weighted by Gasteiger charge is -2.33. The molecule has 2 aromatic rings. The van der Waals surface area contributed by atoms with Gasteiger partial charge in [0.25, 0.3) is 5.69 Å². The molecular weight excluding hydrogens is 387 g/mol. The molecule has 1 aliphatic rings. The Morgan fingerprint density at radius 1 is 1.21 bits per heavy atom. The van der Waals surface area contributed by atoms with Crippen LogP contribution < -0.4 is 5.32 Å². The topological polar surface area (TPSA) is 78.6 Å². The van der Waals surface area contributed by atoms with Crippen LogP contribution in [0.4, 0.5) is 24.5 Å². The molecule has 2 N–H and O–H groups in total. The van der Waals surface area contributed by atoms with Crippen molar-refractivity contribution in [2.24, 2.45) is 0 Å². The van der Waals surface area contributed by atoms with Crippen LogP contribution >= 0.6 is 0 Å². The van der Waals surface area contributed by atoms with Gasteiger partial charge in [-0.05, 0) is 42.6 Å². The number of nitro groups is 1. The quantitative estimate of drug-likeness (QED) is 0.553. The van der Waals surface area contributed by atoms with Crippen molar-refractivity contribution in [3.63, 3.8) is 0 Å². The van der Waals surface area contributed by atoms with Crippen LogP contribution in [0.25, 0.3) is 0 Å². The van der Waals surface area contributed by atoms with E-state index in [-0.39, 0.29) is 18.3 Å². The molecular formula is C20H22F3N3O3. The van der Waals surface area contributed by atoms with E-state index in [1.54, 1.807) is 18.2 Å². The van der Waals surface area contributed by atoms with E-state index in [1.165, 1.54) is 12.1 Å². The smallest absolute Gasteiger partial charge is 0.392 e. The normalized spacial score (nSPS) is 17.9. The predicted molar refractivity (Wildman–Crippen MR) is 102 cm³/mol. The Labute approximate surface area is 166 Å². The van der Waals surface area contributed by atoms with Crippen LogP contribution in [0.1, 0.15) is 29.5 Å². The molecule has 1 unspecified atom stereocenters. The minimum atomic E-state index is -4.37. The summed E-state index contributed by atoms with van der Waals surface area (Å²) in [6, 6.07) is 9.77. The third kappa shape index (κ3) is 5.45. The van der Waals surface area contributed by atoms with Gasteiger partial charge in [0.15, 0.2) is 0 Å². The molecule has 1 aliphatic heterocycles. The zero-order valence-electron chi connectivity index (χ0n) is 15.7. The molecule has 29 heavy (non-hydrogen) atoms. The van der Waals surface area contributed by atoms with Gasteiger partial charge < -0.3 is 10.4 Å². The number of aliphatic hydroxyl groups excluding tert-OH is 1. The fourth-order valence-corrected chi connectivity index (χ4v) is 3.59. The lowest BCUT2D eigenvalue weighted by Crippen LogP contribution is -2.41. The molecule has 2 aromatic carbocycles. The van der Waals surface area contributed by atoms with Crippen molar-refractivity contribution in [2.45, 2.75) is 38.2 Å². The fraction of sp³-hybridized carbons (Fsp3) is 0.400. The Bertz CT molecular complexity index is 874. The second-order valence-corrected chi connectivity index (χ2v) is 7.18. The molecule has 0 saturated carbocycles. The van der Waals surface area contributed by atoms with E-state index in [1.807, 2.05) is 4.90 Å². The SMILES string of the molecule is O=[N+]([O-])c1cc(CO)ccc1NC1CCCN(Cc2cccc(C(F)(F)F)c2)C1. The number of nitrogens with zero attached hydrogens (tertiary/aromatic N) is 2. The van der Waals surface area contributed by atoms with E-state index in [4.69, 9.17) is 0 Å². The largest absolute Gasteiger partial charge is 0.416 e. The van der Waals surface area contributed by atoms with Crippen LogP contribution in [-0.2, 0) is 19.3 Å². The maximum Gasteiger partial charge on any atom is 0.416 e. The monoisotopic (exact) mass is 409 g/mol. The Morgan fingerprint density at radius 2 is 2.00 bits per heavy atom. The number of likely N-dealkylation sites (tertiary alicyclic amines) is 1. The number of alkyl halides is 3. The van der Waals surface area contributed by atoms with Crippen molar-refractivity contribution in [1.82, 2.24) is 4.90 Å². The zero-order chi connectivity index (χ0) is 21.0. The number of rotatable bonds is 6. The number of halogens is 3. The van der Waals surface area contributed by atoms with Crippen molar-refractivity contribution in [3.8, 4) is 0 Å². The van der Waals surface area contributed by atoms with E-state index in [9.17, 15) is 28.4 Å². The molecule has 0 spiro atoms. The van der Waals surface area contributed by atoms with Crippen LogP contribution in [0.3, 0.4) is 0 Å². The Hall–Kier alpha value is -2.65. The highest BCUT2D eigenvalue weighted by Gasteiger charge is 2.30. The lowest BCUT2D eigenvalue weighted by molar-refractivity contribution is -0.384. The summed E-state index contributed by atoms with van der Waals surface area (Å²) in [4.78, 5) is 12.9. The molecule has 0 aliphatic carbocycles. The van der Waals surface area contributed by atoms with Crippen LogP contribution in [0.15, 0.2) is 42.5 Å². The summed E-state index contributed by atoms with van der Waals surface area (Å²) in [6.45, 7) is 1.41. The maximum atomic E-state index is 12.9. The molecule has 1 heterocycles. The van der Waals surface area contributed by atoms with E-state index in [2.05, 4.69) is 5.32 Å². The number of hydrogen-bond acceptors (Lipinski definition) is 5. The third-order valence-corrected chi connectivity index (χ3v) is 4.97. The van der Waals surface area contributed by atoms with Gasteiger partial charge in [-0.15, -0.1) is 0 Å². The van der Waals surface area contributed by atoms with Gasteiger partial charge in [0.1, 0.15) is 5.69 Å². The Morgan fingerprint density at radius 3 is 2.69 bits per heavy atom. The van der Waals surface area contributed by atoms with Crippen molar-refractivity contribution >= 4 is 11.4 Å². The molecule has 0 amide bonds. The van der Waals surface area contributed by atoms with Gasteiger partial charge in [-0.3, -0.25) is 15.0 Å². The Balaban J connectivity index is 1.68. The first kappa shape index (κ1) is 21.1. The minimum absolute atomic E-state index is 0.0618. The fourth-order valence-electron chi connectivity index (χ4n) is 3.59. The minimum Gasteiger partial charge on any atom is -0.392 e. The van der Waals surface area contributed by atoms with Crippen LogP contribution in [0, 0.1) is 10.1 Å². The highest BCUT2D eigenvalue weighted by molar-refractivity contribution is 5.63. The standard InChI is InChI=1S/C20H22F3N3O3/c21-20(22,23)16-4-1-3-14(9-16)11-25-8-2-5-17(12-25)24-18-7-6-15(13-27)10-19(18)26(28)29/h1,3-4,6-7,9-10,17,24,27H,2,5,8,11-13H2. The van der Waals surface area contributed by atoms with E-state index in [0.717, 1.165) is 31.5 Å². The molecule has 0 radical (unpaired) electrons. The van der Waals surface area contributed by atoms with Gasteiger partial charge in [-0.25, -0.2) is 0 Å². The van der Waals surface area contributed by atoms with E-state index >= 15 is 0 Å². The van der Waals surface area contributed by atoms with Crippen molar-refractivity contribution < 1.29 is 23.2 Å². The summed E-state index contributed by atoms with van der Waals surface area (Å²) in [7, 11) is 0. The molecule has 6 nitrogen and oxygen atoms in total. The molecule has 3 rings (SSSR count). The molecule has 0 aromatic heterocycles. The van der Waals surface area contributed by atoms with Gasteiger partial charge in [-0.1, -0.05) is 24.3 Å².